The first kappa shape index (κ1) is 8.62. The van der Waals surface area contributed by atoms with Gasteiger partial charge in [-0.1, -0.05) is 0 Å². The third kappa shape index (κ3) is 1.70. The second kappa shape index (κ2) is 3.41. The van der Waals surface area contributed by atoms with Gasteiger partial charge >= 0.3 is 0 Å². The lowest BCUT2D eigenvalue weighted by molar-refractivity contribution is 0.411. The topological polar surface area (TPSA) is 55.6 Å². The van der Waals surface area contributed by atoms with Gasteiger partial charge in [0, 0.05) is 0 Å². The molecule has 1 heterocycles. The minimum atomic E-state index is 0.457. The summed E-state index contributed by atoms with van der Waals surface area (Å²) in [4.78, 5) is 0. The highest BCUT2D eigenvalue weighted by Crippen LogP contribution is 2.39. The third-order valence-corrected chi connectivity index (χ3v) is 2.59. The van der Waals surface area contributed by atoms with E-state index < -0.39 is 0 Å². The molecule has 72 valence electrons. The molecule has 0 radical (unpaired) electrons. The van der Waals surface area contributed by atoms with Crippen LogP contribution in [-0.4, -0.2) is 27.3 Å². The molecule has 1 N–H and O–H groups in total. The molecular formula is C8H15N5. The van der Waals surface area contributed by atoms with E-state index in [0.29, 0.717) is 6.04 Å². The zero-order valence-electron chi connectivity index (χ0n) is 8.06. The van der Waals surface area contributed by atoms with Crippen molar-refractivity contribution in [2.75, 3.05) is 7.05 Å². The van der Waals surface area contributed by atoms with Gasteiger partial charge < -0.3 is 5.32 Å². The Bertz CT molecular complexity index is 278. The van der Waals surface area contributed by atoms with Crippen molar-refractivity contribution in [3.63, 3.8) is 0 Å². The summed E-state index contributed by atoms with van der Waals surface area (Å²) in [6.45, 7) is 2.93. The zero-order chi connectivity index (χ0) is 9.26. The van der Waals surface area contributed by atoms with Crippen LogP contribution < -0.4 is 5.32 Å². The van der Waals surface area contributed by atoms with Crippen LogP contribution in [0, 0.1) is 5.92 Å². The van der Waals surface area contributed by atoms with Crippen molar-refractivity contribution in [2.45, 2.75) is 32.4 Å². The van der Waals surface area contributed by atoms with E-state index in [1.165, 1.54) is 12.8 Å². The Morgan fingerprint density at radius 3 is 3.00 bits per heavy atom. The summed E-state index contributed by atoms with van der Waals surface area (Å²) in [6, 6.07) is 0.457. The molecular weight excluding hydrogens is 166 g/mol. The van der Waals surface area contributed by atoms with Crippen LogP contribution in [0.1, 0.15) is 31.6 Å². The number of nitrogens with one attached hydrogen (secondary N) is 1. The van der Waals surface area contributed by atoms with Gasteiger partial charge in [-0.15, -0.1) is 5.10 Å². The number of hydrogen-bond donors (Lipinski definition) is 1. The van der Waals surface area contributed by atoms with Crippen LogP contribution in [0.15, 0.2) is 0 Å². The molecule has 5 nitrogen and oxygen atoms in total. The summed E-state index contributed by atoms with van der Waals surface area (Å²) in [5.74, 6) is 1.72. The lowest BCUT2D eigenvalue weighted by atomic mass is 10.2. The van der Waals surface area contributed by atoms with E-state index in [1.807, 2.05) is 11.7 Å². The smallest absolute Gasteiger partial charge is 0.165 e. The fourth-order valence-corrected chi connectivity index (χ4v) is 1.58. The van der Waals surface area contributed by atoms with Crippen LogP contribution in [0.2, 0.25) is 0 Å². The first-order valence-corrected chi connectivity index (χ1v) is 4.74. The SMILES string of the molecule is CNCc1nnnn1C(C)C1CC1. The van der Waals surface area contributed by atoms with Crippen LogP contribution in [0.5, 0.6) is 0 Å². The Balaban J connectivity index is 2.12. The van der Waals surface area contributed by atoms with Crippen molar-refractivity contribution in [1.29, 1.82) is 0 Å². The van der Waals surface area contributed by atoms with E-state index in [4.69, 9.17) is 0 Å². The van der Waals surface area contributed by atoms with Crippen LogP contribution in [0.3, 0.4) is 0 Å². The Kier molecular flexibility index (Phi) is 2.26. The second-order valence-electron chi connectivity index (χ2n) is 3.65. The lowest BCUT2D eigenvalue weighted by Crippen LogP contribution is -2.17. The first-order valence-electron chi connectivity index (χ1n) is 4.74. The van der Waals surface area contributed by atoms with E-state index >= 15 is 0 Å². The van der Waals surface area contributed by atoms with Crippen LogP contribution >= 0.6 is 0 Å². The maximum absolute atomic E-state index is 4.01. The fourth-order valence-electron chi connectivity index (χ4n) is 1.58. The maximum Gasteiger partial charge on any atom is 0.165 e. The standard InChI is InChI=1S/C8H15N5/c1-6(7-3-4-7)13-8(5-9-2)10-11-12-13/h6-7,9H,3-5H2,1-2H3. The highest BCUT2D eigenvalue weighted by Gasteiger charge is 2.31. The quantitative estimate of drug-likeness (QED) is 0.729. The molecule has 1 fully saturated rings. The van der Waals surface area contributed by atoms with Crippen LogP contribution in [0.25, 0.3) is 0 Å². The average molecular weight is 181 g/mol. The van der Waals surface area contributed by atoms with Crippen molar-refractivity contribution >= 4 is 0 Å². The van der Waals surface area contributed by atoms with Gasteiger partial charge in [0.15, 0.2) is 5.82 Å². The summed E-state index contributed by atoms with van der Waals surface area (Å²) in [5, 5.41) is 14.7. The summed E-state index contributed by atoms with van der Waals surface area (Å²) in [6.07, 6.45) is 2.64. The molecule has 2 rings (SSSR count). The van der Waals surface area contributed by atoms with E-state index in [-0.39, 0.29) is 0 Å². The van der Waals surface area contributed by atoms with Crippen LogP contribution in [0.4, 0.5) is 0 Å². The molecule has 1 aromatic rings. The van der Waals surface area contributed by atoms with Crippen molar-refractivity contribution in [1.82, 2.24) is 25.5 Å². The van der Waals surface area contributed by atoms with Gasteiger partial charge in [-0.2, -0.15) is 0 Å². The number of tetrazole rings is 1. The molecule has 5 heteroatoms. The molecule has 1 atom stereocenters. The summed E-state index contributed by atoms with van der Waals surface area (Å²) >= 11 is 0. The Morgan fingerprint density at radius 1 is 1.62 bits per heavy atom. The molecule has 1 saturated carbocycles. The Labute approximate surface area is 77.5 Å². The maximum atomic E-state index is 4.01. The lowest BCUT2D eigenvalue weighted by Gasteiger charge is -2.11. The molecule has 0 bridgehead atoms. The number of rotatable bonds is 4. The molecule has 0 spiro atoms. The van der Waals surface area contributed by atoms with E-state index in [0.717, 1.165) is 18.3 Å². The van der Waals surface area contributed by atoms with Crippen molar-refractivity contribution in [3.8, 4) is 0 Å². The van der Waals surface area contributed by atoms with E-state index in [1.54, 1.807) is 0 Å². The minimum absolute atomic E-state index is 0.457. The molecule has 1 unspecified atom stereocenters. The van der Waals surface area contributed by atoms with Gasteiger partial charge in [0.05, 0.1) is 12.6 Å². The largest absolute Gasteiger partial charge is 0.313 e. The molecule has 1 aromatic heterocycles. The molecule has 1 aliphatic carbocycles. The number of nitrogens with zero attached hydrogens (tertiary/aromatic N) is 4. The molecule has 0 amide bonds. The second-order valence-corrected chi connectivity index (χ2v) is 3.65. The monoisotopic (exact) mass is 181 g/mol. The van der Waals surface area contributed by atoms with E-state index in [9.17, 15) is 0 Å². The van der Waals surface area contributed by atoms with Gasteiger partial charge in [0.2, 0.25) is 0 Å². The first-order chi connectivity index (χ1) is 6.33. The molecule has 1 aliphatic rings. The predicted molar refractivity (Wildman–Crippen MR) is 48.0 cm³/mol. The summed E-state index contributed by atoms with van der Waals surface area (Å²) in [5.41, 5.74) is 0. The molecule has 0 saturated heterocycles. The van der Waals surface area contributed by atoms with Gasteiger partial charge in [0.1, 0.15) is 0 Å². The molecule has 0 aromatic carbocycles. The zero-order valence-corrected chi connectivity index (χ0v) is 8.06. The Hall–Kier alpha value is -0.970. The van der Waals surface area contributed by atoms with Crippen molar-refractivity contribution in [2.24, 2.45) is 5.92 Å². The van der Waals surface area contributed by atoms with Gasteiger partial charge in [0.25, 0.3) is 0 Å². The third-order valence-electron chi connectivity index (χ3n) is 2.59. The summed E-state index contributed by atoms with van der Waals surface area (Å²) < 4.78 is 1.94. The highest BCUT2D eigenvalue weighted by molar-refractivity contribution is 4.88. The molecule has 0 aliphatic heterocycles. The summed E-state index contributed by atoms with van der Waals surface area (Å²) in [7, 11) is 1.90. The van der Waals surface area contributed by atoms with Gasteiger partial charge in [-0.05, 0) is 43.2 Å². The molecule has 13 heavy (non-hydrogen) atoms. The number of hydrogen-bond acceptors (Lipinski definition) is 4. The average Bonchev–Trinajstić information content (AvgIpc) is 2.87. The highest BCUT2D eigenvalue weighted by atomic mass is 15.6. The number of aromatic nitrogens is 4. The van der Waals surface area contributed by atoms with Crippen molar-refractivity contribution in [3.05, 3.63) is 5.82 Å². The van der Waals surface area contributed by atoms with Gasteiger partial charge in [-0.3, -0.25) is 0 Å². The minimum Gasteiger partial charge on any atom is -0.313 e. The normalized spacial score (nSPS) is 18.9. The van der Waals surface area contributed by atoms with Gasteiger partial charge in [-0.25, -0.2) is 4.68 Å². The predicted octanol–water partition coefficient (Wildman–Crippen LogP) is 0.363. The Morgan fingerprint density at radius 2 is 2.38 bits per heavy atom. The van der Waals surface area contributed by atoms with Crippen LogP contribution in [-0.2, 0) is 6.54 Å². The van der Waals surface area contributed by atoms with E-state index in [2.05, 4.69) is 27.8 Å². The fraction of sp³-hybridized carbons (Fsp3) is 0.875. The van der Waals surface area contributed by atoms with Crippen molar-refractivity contribution < 1.29 is 0 Å².